The molecule has 2 fully saturated rings. The Morgan fingerprint density at radius 1 is 1.42 bits per heavy atom. The second-order valence-corrected chi connectivity index (χ2v) is 5.19. The van der Waals surface area contributed by atoms with Crippen LogP contribution in [0.25, 0.3) is 0 Å². The molecule has 0 aromatic rings. The normalized spacial score (nSPS) is 44.2. The molecule has 2 rings (SSSR count). The molecule has 0 aromatic heterocycles. The summed E-state index contributed by atoms with van der Waals surface area (Å²) in [5.41, 5.74) is 0.341. The van der Waals surface area contributed by atoms with Crippen LogP contribution in [0.3, 0.4) is 0 Å². The summed E-state index contributed by atoms with van der Waals surface area (Å²) in [6.07, 6.45) is 3.25. The summed E-state index contributed by atoms with van der Waals surface area (Å²) in [5, 5.41) is 3.07. The van der Waals surface area contributed by atoms with Crippen LogP contribution < -0.4 is 5.32 Å². The maximum atomic E-state index is 11.4. The van der Waals surface area contributed by atoms with Crippen LogP contribution in [0.5, 0.6) is 0 Å². The van der Waals surface area contributed by atoms with Crippen molar-refractivity contribution in [1.29, 1.82) is 0 Å². The third-order valence-corrected chi connectivity index (χ3v) is 3.74. The van der Waals surface area contributed by atoms with Crippen molar-refractivity contribution in [3.05, 3.63) is 0 Å². The van der Waals surface area contributed by atoms with Crippen molar-refractivity contribution in [3.63, 3.8) is 0 Å². The second-order valence-electron chi connectivity index (χ2n) is 5.19. The lowest BCUT2D eigenvalue weighted by atomic mass is 9.52. The van der Waals surface area contributed by atoms with E-state index in [2.05, 4.69) is 26.1 Å². The first-order valence-corrected chi connectivity index (χ1v) is 4.75. The van der Waals surface area contributed by atoms with Gasteiger partial charge in [-0.1, -0.05) is 6.92 Å². The van der Waals surface area contributed by atoms with Gasteiger partial charge in [-0.05, 0) is 38.0 Å². The van der Waals surface area contributed by atoms with Crippen LogP contribution in [0, 0.1) is 11.3 Å². The number of fused-ring (bicyclic) bond motifs is 1. The highest BCUT2D eigenvalue weighted by atomic mass is 16.1. The quantitative estimate of drug-likeness (QED) is 0.584. The Hall–Kier alpha value is -0.530. The molecule has 2 aliphatic rings. The molecule has 1 saturated heterocycles. The topological polar surface area (TPSA) is 29.1 Å². The minimum atomic E-state index is 0.0301. The van der Waals surface area contributed by atoms with E-state index >= 15 is 0 Å². The molecule has 1 aliphatic carbocycles. The average molecular weight is 167 g/mol. The molecule has 2 atom stereocenters. The second kappa shape index (κ2) is 2.04. The summed E-state index contributed by atoms with van der Waals surface area (Å²) in [7, 11) is 0. The van der Waals surface area contributed by atoms with Gasteiger partial charge in [-0.15, -0.1) is 0 Å². The minimum Gasteiger partial charge on any atom is -0.351 e. The van der Waals surface area contributed by atoms with Gasteiger partial charge in [0.15, 0.2) is 0 Å². The predicted octanol–water partition coefficient (Wildman–Crippen LogP) is 1.70. The molecule has 0 aromatic carbocycles. The van der Waals surface area contributed by atoms with Crippen molar-refractivity contribution in [2.45, 2.75) is 45.6 Å². The lowest BCUT2D eigenvalue weighted by molar-refractivity contribution is -0.141. The first kappa shape index (κ1) is 8.09. The fraction of sp³-hybridized carbons (Fsp3) is 0.900. The van der Waals surface area contributed by atoms with E-state index in [9.17, 15) is 4.79 Å². The van der Waals surface area contributed by atoms with Crippen molar-refractivity contribution in [2.24, 2.45) is 11.3 Å². The summed E-state index contributed by atoms with van der Waals surface area (Å²) in [6, 6.07) is 0. The van der Waals surface area contributed by atoms with Gasteiger partial charge in [0.1, 0.15) is 0 Å². The molecule has 1 N–H and O–H groups in total. The Morgan fingerprint density at radius 2 is 2.08 bits per heavy atom. The summed E-state index contributed by atoms with van der Waals surface area (Å²) in [5.74, 6) is 0.932. The molecule has 2 nitrogen and oxygen atoms in total. The Labute approximate surface area is 73.7 Å². The van der Waals surface area contributed by atoms with Gasteiger partial charge < -0.3 is 5.32 Å². The minimum absolute atomic E-state index is 0.0301. The van der Waals surface area contributed by atoms with Gasteiger partial charge in [0.05, 0.1) is 0 Å². The summed E-state index contributed by atoms with van der Waals surface area (Å²) in [4.78, 5) is 11.4. The van der Waals surface area contributed by atoms with Gasteiger partial charge in [-0.25, -0.2) is 0 Å². The fourth-order valence-electron chi connectivity index (χ4n) is 3.08. The molecule has 68 valence electrons. The number of hydrogen-bond donors (Lipinski definition) is 1. The first-order chi connectivity index (χ1) is 5.44. The van der Waals surface area contributed by atoms with Crippen molar-refractivity contribution >= 4 is 5.91 Å². The van der Waals surface area contributed by atoms with Gasteiger partial charge in [0.2, 0.25) is 5.91 Å². The van der Waals surface area contributed by atoms with E-state index in [1.54, 1.807) is 0 Å². The van der Waals surface area contributed by atoms with E-state index < -0.39 is 0 Å². The van der Waals surface area contributed by atoms with Crippen molar-refractivity contribution in [3.8, 4) is 0 Å². The maximum Gasteiger partial charge on any atom is 0.220 e. The van der Waals surface area contributed by atoms with E-state index in [4.69, 9.17) is 0 Å². The summed E-state index contributed by atoms with van der Waals surface area (Å²) < 4.78 is 0. The molecule has 12 heavy (non-hydrogen) atoms. The fourth-order valence-corrected chi connectivity index (χ4v) is 3.08. The standard InChI is InChI=1S/C10H17NO/c1-9(2)7-4-5-10(7,3)6-8(12)11-9/h7H,4-6H2,1-3H3,(H,11,12)/t7-,10+/m0/s1. The Kier molecular flexibility index (Phi) is 1.37. The van der Waals surface area contributed by atoms with E-state index in [0.717, 1.165) is 6.42 Å². The van der Waals surface area contributed by atoms with Gasteiger partial charge in [0.25, 0.3) is 0 Å². The van der Waals surface area contributed by atoms with E-state index in [1.165, 1.54) is 12.8 Å². The van der Waals surface area contributed by atoms with Crippen LogP contribution in [0.1, 0.15) is 40.0 Å². The van der Waals surface area contributed by atoms with Crippen LogP contribution >= 0.6 is 0 Å². The van der Waals surface area contributed by atoms with Crippen molar-refractivity contribution < 1.29 is 4.79 Å². The molecule has 2 heteroatoms. The number of nitrogens with one attached hydrogen (secondary N) is 1. The summed E-state index contributed by atoms with van der Waals surface area (Å²) in [6.45, 7) is 6.54. The molecule has 1 heterocycles. The molecule has 1 saturated carbocycles. The third kappa shape index (κ3) is 0.900. The Morgan fingerprint density at radius 3 is 2.50 bits per heavy atom. The first-order valence-electron chi connectivity index (χ1n) is 4.75. The number of hydrogen-bond acceptors (Lipinski definition) is 1. The van der Waals surface area contributed by atoms with Gasteiger partial charge >= 0.3 is 0 Å². The lowest BCUT2D eigenvalue weighted by Gasteiger charge is -2.58. The highest BCUT2D eigenvalue weighted by Crippen LogP contribution is 2.55. The highest BCUT2D eigenvalue weighted by Gasteiger charge is 2.54. The Balaban J connectivity index is 2.26. The van der Waals surface area contributed by atoms with Crippen LogP contribution in [0.15, 0.2) is 0 Å². The monoisotopic (exact) mass is 167 g/mol. The van der Waals surface area contributed by atoms with E-state index in [0.29, 0.717) is 11.3 Å². The SMILES string of the molecule is CC1(C)NC(=O)C[C@@]2(C)CC[C@@H]12. The molecule has 0 radical (unpaired) electrons. The number of carbonyl (C=O) groups excluding carboxylic acids is 1. The van der Waals surface area contributed by atoms with Gasteiger partial charge in [-0.2, -0.15) is 0 Å². The van der Waals surface area contributed by atoms with Gasteiger partial charge in [-0.3, -0.25) is 4.79 Å². The van der Waals surface area contributed by atoms with E-state index in [1.807, 2.05) is 0 Å². The van der Waals surface area contributed by atoms with Gasteiger partial charge in [0, 0.05) is 12.0 Å². The smallest absolute Gasteiger partial charge is 0.220 e. The zero-order valence-corrected chi connectivity index (χ0v) is 8.11. The molecular weight excluding hydrogens is 150 g/mol. The van der Waals surface area contributed by atoms with Crippen molar-refractivity contribution in [1.82, 2.24) is 5.32 Å². The van der Waals surface area contributed by atoms with Crippen LogP contribution in [-0.4, -0.2) is 11.4 Å². The zero-order valence-electron chi connectivity index (χ0n) is 8.11. The molecule has 0 bridgehead atoms. The van der Waals surface area contributed by atoms with Crippen molar-refractivity contribution in [2.75, 3.05) is 0 Å². The number of carbonyl (C=O) groups is 1. The molecule has 0 unspecified atom stereocenters. The average Bonchev–Trinajstić information content (AvgIpc) is 1.79. The van der Waals surface area contributed by atoms with Crippen LogP contribution in [0.4, 0.5) is 0 Å². The Bertz CT molecular complexity index is 218. The zero-order chi connectivity index (χ0) is 8.98. The number of amides is 1. The molecule has 1 amide bonds. The lowest BCUT2D eigenvalue weighted by Crippen LogP contribution is -2.64. The number of piperidine rings is 1. The largest absolute Gasteiger partial charge is 0.351 e. The highest BCUT2D eigenvalue weighted by molar-refractivity contribution is 5.79. The number of rotatable bonds is 0. The van der Waals surface area contributed by atoms with Crippen LogP contribution in [0.2, 0.25) is 0 Å². The molecule has 0 spiro atoms. The summed E-state index contributed by atoms with van der Waals surface area (Å²) >= 11 is 0. The van der Waals surface area contributed by atoms with E-state index in [-0.39, 0.29) is 11.4 Å². The third-order valence-electron chi connectivity index (χ3n) is 3.74. The predicted molar refractivity (Wildman–Crippen MR) is 47.7 cm³/mol. The molecule has 1 aliphatic heterocycles. The molecular formula is C10H17NO. The van der Waals surface area contributed by atoms with Crippen LogP contribution in [-0.2, 0) is 4.79 Å². The maximum absolute atomic E-state index is 11.4.